The molecule has 1 unspecified atom stereocenters. The standard InChI is InChI=1S/C15H25BrN2O3S.ClH/c1-10(2)8-15(4,9-17)18-22(19,20)14-7-12(16)11(3)6-13(14)21-5;/h6-7,10,18H,8-9,17H2,1-5H3;1H. The second-order valence-corrected chi connectivity index (χ2v) is 8.73. The van der Waals surface area contributed by atoms with Crippen molar-refractivity contribution in [2.24, 2.45) is 11.7 Å². The van der Waals surface area contributed by atoms with E-state index in [9.17, 15) is 8.42 Å². The summed E-state index contributed by atoms with van der Waals surface area (Å²) in [5, 5.41) is 0. The molecule has 0 fully saturated rings. The number of aryl methyl sites for hydroxylation is 1. The molecule has 0 aliphatic rings. The van der Waals surface area contributed by atoms with E-state index in [1.807, 2.05) is 27.7 Å². The van der Waals surface area contributed by atoms with Gasteiger partial charge in [0.05, 0.1) is 7.11 Å². The second-order valence-electron chi connectivity index (χ2n) is 6.22. The molecule has 0 heterocycles. The summed E-state index contributed by atoms with van der Waals surface area (Å²) in [6.07, 6.45) is 0.651. The highest BCUT2D eigenvalue weighted by Gasteiger charge is 2.32. The minimum absolute atomic E-state index is 0. The number of sulfonamides is 1. The van der Waals surface area contributed by atoms with Gasteiger partial charge in [-0.2, -0.15) is 0 Å². The highest BCUT2D eigenvalue weighted by atomic mass is 79.9. The Labute approximate surface area is 154 Å². The first-order chi connectivity index (χ1) is 10.0. The van der Waals surface area contributed by atoms with Gasteiger partial charge >= 0.3 is 0 Å². The number of nitrogens with two attached hydrogens (primary N) is 1. The van der Waals surface area contributed by atoms with E-state index in [0.29, 0.717) is 22.6 Å². The summed E-state index contributed by atoms with van der Waals surface area (Å²) < 4.78 is 34.2. The van der Waals surface area contributed by atoms with Crippen molar-refractivity contribution in [3.63, 3.8) is 0 Å². The molecule has 0 saturated heterocycles. The van der Waals surface area contributed by atoms with Crippen molar-refractivity contribution in [2.45, 2.75) is 44.6 Å². The highest BCUT2D eigenvalue weighted by Crippen LogP contribution is 2.31. The van der Waals surface area contributed by atoms with Gasteiger partial charge in [-0.1, -0.05) is 29.8 Å². The zero-order chi connectivity index (χ0) is 17.1. The number of halogens is 2. The van der Waals surface area contributed by atoms with Gasteiger partial charge in [-0.05, 0) is 43.9 Å². The molecule has 0 saturated carbocycles. The van der Waals surface area contributed by atoms with Crippen LogP contribution in [0.5, 0.6) is 5.75 Å². The Hall–Kier alpha value is -0.340. The van der Waals surface area contributed by atoms with Crippen molar-refractivity contribution in [2.75, 3.05) is 13.7 Å². The third-order valence-electron chi connectivity index (χ3n) is 3.42. The van der Waals surface area contributed by atoms with Crippen LogP contribution in [-0.2, 0) is 10.0 Å². The Morgan fingerprint density at radius 1 is 1.39 bits per heavy atom. The van der Waals surface area contributed by atoms with Crippen molar-refractivity contribution in [1.29, 1.82) is 0 Å². The molecule has 0 amide bonds. The number of nitrogens with one attached hydrogen (secondary N) is 1. The number of rotatable bonds is 7. The van der Waals surface area contributed by atoms with Crippen molar-refractivity contribution < 1.29 is 13.2 Å². The number of hydrogen-bond donors (Lipinski definition) is 2. The van der Waals surface area contributed by atoms with E-state index >= 15 is 0 Å². The Morgan fingerprint density at radius 3 is 2.39 bits per heavy atom. The molecular formula is C15H26BrClN2O3S. The van der Waals surface area contributed by atoms with E-state index in [-0.39, 0.29) is 23.8 Å². The first-order valence-electron chi connectivity index (χ1n) is 7.13. The first kappa shape index (κ1) is 22.7. The molecule has 8 heteroatoms. The lowest BCUT2D eigenvalue weighted by molar-refractivity contribution is 0.343. The molecule has 1 rings (SSSR count). The summed E-state index contributed by atoms with van der Waals surface area (Å²) in [6.45, 7) is 7.98. The van der Waals surface area contributed by atoms with E-state index in [1.54, 1.807) is 12.1 Å². The van der Waals surface area contributed by atoms with Gasteiger partial charge in [0.1, 0.15) is 10.6 Å². The Balaban J connectivity index is 0.00000484. The minimum atomic E-state index is -3.74. The number of hydrogen-bond acceptors (Lipinski definition) is 4. The smallest absolute Gasteiger partial charge is 0.244 e. The van der Waals surface area contributed by atoms with Crippen molar-refractivity contribution in [3.05, 3.63) is 22.2 Å². The molecule has 0 aliphatic heterocycles. The van der Waals surface area contributed by atoms with Crippen molar-refractivity contribution in [1.82, 2.24) is 4.72 Å². The maximum Gasteiger partial charge on any atom is 0.244 e. The number of benzene rings is 1. The molecule has 5 nitrogen and oxygen atoms in total. The van der Waals surface area contributed by atoms with Crippen LogP contribution in [0.15, 0.2) is 21.5 Å². The molecule has 23 heavy (non-hydrogen) atoms. The van der Waals surface area contributed by atoms with Crippen LogP contribution in [0.4, 0.5) is 0 Å². The number of methoxy groups -OCH3 is 1. The summed E-state index contributed by atoms with van der Waals surface area (Å²) in [5.74, 6) is 0.639. The third kappa shape index (κ3) is 5.90. The monoisotopic (exact) mass is 428 g/mol. The predicted octanol–water partition coefficient (Wildman–Crippen LogP) is 3.23. The van der Waals surface area contributed by atoms with Crippen LogP contribution in [-0.4, -0.2) is 27.6 Å². The van der Waals surface area contributed by atoms with Gasteiger partial charge in [-0.3, -0.25) is 0 Å². The predicted molar refractivity (Wildman–Crippen MR) is 99.9 cm³/mol. The zero-order valence-corrected chi connectivity index (χ0v) is 17.4. The van der Waals surface area contributed by atoms with E-state index in [2.05, 4.69) is 20.7 Å². The maximum absolute atomic E-state index is 12.8. The van der Waals surface area contributed by atoms with Gasteiger partial charge in [0.15, 0.2) is 0 Å². The van der Waals surface area contributed by atoms with Crippen LogP contribution in [0.1, 0.15) is 32.8 Å². The van der Waals surface area contributed by atoms with Gasteiger partial charge in [0, 0.05) is 16.6 Å². The molecule has 0 aliphatic carbocycles. The minimum Gasteiger partial charge on any atom is -0.495 e. The van der Waals surface area contributed by atoms with Gasteiger partial charge in [-0.15, -0.1) is 12.4 Å². The molecule has 0 radical (unpaired) electrons. The summed E-state index contributed by atoms with van der Waals surface area (Å²) in [4.78, 5) is 0.107. The molecule has 0 bridgehead atoms. The fourth-order valence-corrected chi connectivity index (χ4v) is 4.55. The van der Waals surface area contributed by atoms with Crippen molar-refractivity contribution in [3.8, 4) is 5.75 Å². The van der Waals surface area contributed by atoms with Gasteiger partial charge in [0.2, 0.25) is 10.0 Å². The summed E-state index contributed by atoms with van der Waals surface area (Å²) >= 11 is 3.37. The molecule has 1 aromatic rings. The highest BCUT2D eigenvalue weighted by molar-refractivity contribution is 9.10. The van der Waals surface area contributed by atoms with Crippen LogP contribution in [0.2, 0.25) is 0 Å². The quantitative estimate of drug-likeness (QED) is 0.697. The fraction of sp³-hybridized carbons (Fsp3) is 0.600. The largest absolute Gasteiger partial charge is 0.495 e. The molecule has 0 spiro atoms. The molecule has 1 aromatic carbocycles. The molecular weight excluding hydrogens is 404 g/mol. The van der Waals surface area contributed by atoms with Crippen LogP contribution in [0.25, 0.3) is 0 Å². The molecule has 3 N–H and O–H groups in total. The first-order valence-corrected chi connectivity index (χ1v) is 9.40. The van der Waals surface area contributed by atoms with E-state index in [0.717, 1.165) is 5.56 Å². The second kappa shape index (κ2) is 8.67. The SMILES string of the molecule is COc1cc(C)c(Br)cc1S(=O)(=O)NC(C)(CN)CC(C)C.Cl. The Morgan fingerprint density at radius 2 is 1.96 bits per heavy atom. The van der Waals surface area contributed by atoms with Crippen molar-refractivity contribution >= 4 is 38.4 Å². The van der Waals surface area contributed by atoms with Crippen LogP contribution >= 0.6 is 28.3 Å². The number of ether oxygens (including phenoxy) is 1. The van der Waals surface area contributed by atoms with Gasteiger partial charge in [-0.25, -0.2) is 13.1 Å². The van der Waals surface area contributed by atoms with Gasteiger partial charge in [0.25, 0.3) is 0 Å². The molecule has 1 atom stereocenters. The molecule has 134 valence electrons. The lowest BCUT2D eigenvalue weighted by Gasteiger charge is -2.31. The normalized spacial score (nSPS) is 14.3. The average Bonchev–Trinajstić information content (AvgIpc) is 2.39. The Kier molecular flexibility index (Phi) is 8.54. The molecule has 0 aromatic heterocycles. The van der Waals surface area contributed by atoms with Crippen LogP contribution in [0, 0.1) is 12.8 Å². The zero-order valence-electron chi connectivity index (χ0n) is 14.1. The lowest BCUT2D eigenvalue weighted by atomic mass is 9.92. The van der Waals surface area contributed by atoms with Crippen LogP contribution in [0.3, 0.4) is 0 Å². The average molecular weight is 430 g/mol. The van der Waals surface area contributed by atoms with E-state index in [1.165, 1.54) is 7.11 Å². The van der Waals surface area contributed by atoms with E-state index in [4.69, 9.17) is 10.5 Å². The fourth-order valence-electron chi connectivity index (χ4n) is 2.45. The van der Waals surface area contributed by atoms with Crippen LogP contribution < -0.4 is 15.2 Å². The lowest BCUT2D eigenvalue weighted by Crippen LogP contribution is -2.52. The topological polar surface area (TPSA) is 81.4 Å². The third-order valence-corrected chi connectivity index (χ3v) is 5.94. The maximum atomic E-state index is 12.8. The summed E-state index contributed by atoms with van der Waals surface area (Å²) in [5.41, 5.74) is 6.00. The summed E-state index contributed by atoms with van der Waals surface area (Å²) in [6, 6.07) is 3.25. The van der Waals surface area contributed by atoms with E-state index < -0.39 is 15.6 Å². The Bertz CT molecular complexity index is 638. The summed E-state index contributed by atoms with van der Waals surface area (Å²) in [7, 11) is -2.29. The van der Waals surface area contributed by atoms with Gasteiger partial charge < -0.3 is 10.5 Å².